The van der Waals surface area contributed by atoms with Gasteiger partial charge in [0.05, 0.1) is 6.54 Å². The number of halogens is 2. The molecule has 3 nitrogen and oxygen atoms in total. The number of rotatable bonds is 2. The summed E-state index contributed by atoms with van der Waals surface area (Å²) < 4.78 is 13.0. The molecule has 0 bridgehead atoms. The van der Waals surface area contributed by atoms with Crippen molar-refractivity contribution < 1.29 is 4.39 Å². The highest BCUT2D eigenvalue weighted by Crippen LogP contribution is 2.10. The molecule has 0 radical (unpaired) electrons. The van der Waals surface area contributed by atoms with Gasteiger partial charge in [0, 0.05) is 5.54 Å². The van der Waals surface area contributed by atoms with Gasteiger partial charge in [0.25, 0.3) is 0 Å². The average molecular weight is 365 g/mol. The Balaban J connectivity index is 0.00000289. The zero-order valence-electron chi connectivity index (χ0n) is 11.2. The number of hydrogen-bond acceptors (Lipinski definition) is 1. The van der Waals surface area contributed by atoms with Crippen LogP contribution in [0.1, 0.15) is 31.9 Å². The number of aliphatic imine (C=N–C) groups is 1. The lowest BCUT2D eigenvalue weighted by atomic mass is 10.1. The molecule has 0 saturated heterocycles. The number of hydrogen-bond donors (Lipinski definition) is 2. The van der Waals surface area contributed by atoms with Gasteiger partial charge in [-0.2, -0.15) is 0 Å². The van der Waals surface area contributed by atoms with E-state index in [1.807, 2.05) is 20.8 Å². The second kappa shape index (κ2) is 6.92. The third-order valence-corrected chi connectivity index (χ3v) is 2.16. The minimum Gasteiger partial charge on any atom is -0.370 e. The number of benzene rings is 1. The Morgan fingerprint density at radius 1 is 1.39 bits per heavy atom. The van der Waals surface area contributed by atoms with Crippen LogP contribution >= 0.6 is 24.0 Å². The van der Waals surface area contributed by atoms with Crippen molar-refractivity contribution in [2.75, 3.05) is 0 Å². The van der Waals surface area contributed by atoms with Gasteiger partial charge in [-0.1, -0.05) is 12.1 Å². The van der Waals surface area contributed by atoms with Crippen LogP contribution in [0.25, 0.3) is 0 Å². The molecular formula is C13H21FIN3. The molecule has 0 fully saturated rings. The molecule has 0 unspecified atom stereocenters. The number of guanidine groups is 1. The summed E-state index contributed by atoms with van der Waals surface area (Å²) >= 11 is 0. The predicted molar refractivity (Wildman–Crippen MR) is 84.8 cm³/mol. The van der Waals surface area contributed by atoms with Crippen LogP contribution in [0.4, 0.5) is 4.39 Å². The van der Waals surface area contributed by atoms with Gasteiger partial charge < -0.3 is 11.1 Å². The first-order valence-electron chi connectivity index (χ1n) is 5.61. The van der Waals surface area contributed by atoms with Gasteiger partial charge in [0.1, 0.15) is 5.82 Å². The van der Waals surface area contributed by atoms with E-state index in [1.54, 1.807) is 19.1 Å². The fraction of sp³-hybridized carbons (Fsp3) is 0.462. The van der Waals surface area contributed by atoms with E-state index in [0.29, 0.717) is 18.1 Å². The molecule has 3 N–H and O–H groups in total. The van der Waals surface area contributed by atoms with Crippen LogP contribution in [0, 0.1) is 12.7 Å². The minimum atomic E-state index is -0.196. The van der Waals surface area contributed by atoms with Crippen molar-refractivity contribution in [1.82, 2.24) is 5.32 Å². The van der Waals surface area contributed by atoms with E-state index in [0.717, 1.165) is 5.56 Å². The lowest BCUT2D eigenvalue weighted by molar-refractivity contribution is 0.508. The predicted octanol–water partition coefficient (Wildman–Crippen LogP) is 2.95. The summed E-state index contributed by atoms with van der Waals surface area (Å²) in [7, 11) is 0. The summed E-state index contributed by atoms with van der Waals surface area (Å²) in [5, 5.41) is 3.07. The molecule has 0 aliphatic rings. The van der Waals surface area contributed by atoms with Gasteiger partial charge in [-0.15, -0.1) is 24.0 Å². The standard InChI is InChI=1S/C13H20FN3.HI/c1-9-7-10(5-6-11(9)14)8-16-12(15)17-13(2,3)4;/h5-7H,8H2,1-4H3,(H3,15,16,17);1H. The summed E-state index contributed by atoms with van der Waals surface area (Å²) in [4.78, 5) is 4.21. The lowest BCUT2D eigenvalue weighted by Gasteiger charge is -2.21. The zero-order valence-corrected chi connectivity index (χ0v) is 13.6. The van der Waals surface area contributed by atoms with Crippen LogP contribution in [0.5, 0.6) is 0 Å². The second-order valence-electron chi connectivity index (χ2n) is 5.16. The average Bonchev–Trinajstić information content (AvgIpc) is 2.17. The smallest absolute Gasteiger partial charge is 0.189 e. The normalized spacial score (nSPS) is 11.9. The summed E-state index contributed by atoms with van der Waals surface area (Å²) in [5.41, 5.74) is 7.21. The Morgan fingerprint density at radius 3 is 2.50 bits per heavy atom. The second-order valence-corrected chi connectivity index (χ2v) is 5.16. The maximum atomic E-state index is 13.0. The molecule has 0 aliphatic heterocycles. The Labute approximate surface area is 125 Å². The van der Waals surface area contributed by atoms with Crippen molar-refractivity contribution in [2.45, 2.75) is 39.8 Å². The molecule has 0 aliphatic carbocycles. The van der Waals surface area contributed by atoms with E-state index < -0.39 is 0 Å². The van der Waals surface area contributed by atoms with Gasteiger partial charge in [-0.05, 0) is 44.9 Å². The van der Waals surface area contributed by atoms with Crippen molar-refractivity contribution in [1.29, 1.82) is 0 Å². The van der Waals surface area contributed by atoms with E-state index in [4.69, 9.17) is 5.73 Å². The molecule has 0 aromatic heterocycles. The summed E-state index contributed by atoms with van der Waals surface area (Å²) in [5.74, 6) is 0.206. The first-order chi connectivity index (χ1) is 7.78. The van der Waals surface area contributed by atoms with E-state index >= 15 is 0 Å². The third-order valence-electron chi connectivity index (χ3n) is 2.16. The molecule has 0 atom stereocenters. The Morgan fingerprint density at radius 2 is 2.00 bits per heavy atom. The van der Waals surface area contributed by atoms with Gasteiger partial charge >= 0.3 is 0 Å². The van der Waals surface area contributed by atoms with E-state index in [2.05, 4.69) is 10.3 Å². The fourth-order valence-corrected chi connectivity index (χ4v) is 1.41. The summed E-state index contributed by atoms with van der Waals surface area (Å²) in [6.45, 7) is 8.22. The van der Waals surface area contributed by atoms with Gasteiger partial charge in [0.15, 0.2) is 5.96 Å². The van der Waals surface area contributed by atoms with Crippen LogP contribution in [-0.4, -0.2) is 11.5 Å². The molecule has 0 spiro atoms. The maximum absolute atomic E-state index is 13.0. The number of nitrogens with one attached hydrogen (secondary N) is 1. The number of nitrogens with zero attached hydrogens (tertiary/aromatic N) is 1. The molecule has 0 heterocycles. The molecule has 1 aromatic rings. The SMILES string of the molecule is Cc1cc(CN=C(N)NC(C)(C)C)ccc1F.I. The van der Waals surface area contributed by atoms with Gasteiger partial charge in [0.2, 0.25) is 0 Å². The molecule has 18 heavy (non-hydrogen) atoms. The number of nitrogens with two attached hydrogens (primary N) is 1. The van der Waals surface area contributed by atoms with Gasteiger partial charge in [-0.25, -0.2) is 9.38 Å². The quantitative estimate of drug-likeness (QED) is 0.481. The van der Waals surface area contributed by atoms with E-state index in [1.165, 1.54) is 6.07 Å². The maximum Gasteiger partial charge on any atom is 0.189 e. The van der Waals surface area contributed by atoms with Crippen molar-refractivity contribution in [3.8, 4) is 0 Å². The van der Waals surface area contributed by atoms with Crippen LogP contribution in [0.15, 0.2) is 23.2 Å². The van der Waals surface area contributed by atoms with Crippen molar-refractivity contribution >= 4 is 29.9 Å². The summed E-state index contributed by atoms with van der Waals surface area (Å²) in [6.07, 6.45) is 0. The van der Waals surface area contributed by atoms with Crippen molar-refractivity contribution in [2.24, 2.45) is 10.7 Å². The van der Waals surface area contributed by atoms with E-state index in [-0.39, 0.29) is 35.3 Å². The molecular weight excluding hydrogens is 344 g/mol. The third kappa shape index (κ3) is 6.18. The first kappa shape index (κ1) is 17.2. The highest BCUT2D eigenvalue weighted by molar-refractivity contribution is 14.0. The number of aryl methyl sites for hydroxylation is 1. The largest absolute Gasteiger partial charge is 0.370 e. The zero-order chi connectivity index (χ0) is 13.1. The van der Waals surface area contributed by atoms with Gasteiger partial charge in [-0.3, -0.25) is 0 Å². The Bertz CT molecular complexity index is 425. The molecule has 0 amide bonds. The highest BCUT2D eigenvalue weighted by atomic mass is 127. The molecule has 0 saturated carbocycles. The summed E-state index contributed by atoms with van der Waals surface area (Å²) in [6, 6.07) is 4.95. The highest BCUT2D eigenvalue weighted by Gasteiger charge is 2.09. The topological polar surface area (TPSA) is 50.4 Å². The molecule has 1 aromatic carbocycles. The van der Waals surface area contributed by atoms with Crippen molar-refractivity contribution in [3.63, 3.8) is 0 Å². The lowest BCUT2D eigenvalue weighted by Crippen LogP contribution is -2.44. The van der Waals surface area contributed by atoms with E-state index in [9.17, 15) is 4.39 Å². The minimum absolute atomic E-state index is 0. The molecule has 102 valence electrons. The Hall–Kier alpha value is -0.850. The molecule has 5 heteroatoms. The molecule has 1 rings (SSSR count). The Kier molecular flexibility index (Phi) is 6.59. The van der Waals surface area contributed by atoms with Crippen LogP contribution < -0.4 is 11.1 Å². The first-order valence-corrected chi connectivity index (χ1v) is 5.61. The van der Waals surface area contributed by atoms with Crippen LogP contribution in [0.2, 0.25) is 0 Å². The van der Waals surface area contributed by atoms with Crippen LogP contribution in [0.3, 0.4) is 0 Å². The van der Waals surface area contributed by atoms with Crippen molar-refractivity contribution in [3.05, 3.63) is 35.1 Å². The van der Waals surface area contributed by atoms with Crippen LogP contribution in [-0.2, 0) is 6.54 Å². The fourth-order valence-electron chi connectivity index (χ4n) is 1.41. The monoisotopic (exact) mass is 365 g/mol.